The Kier molecular flexibility index (Phi) is 4.14. The monoisotopic (exact) mass is 315 g/mol. The van der Waals surface area contributed by atoms with Gasteiger partial charge < -0.3 is 0 Å². The summed E-state index contributed by atoms with van der Waals surface area (Å²) in [4.78, 5) is 4.71. The first-order valence-corrected chi connectivity index (χ1v) is 14.3. The molecule has 0 N–H and O–H groups in total. The van der Waals surface area contributed by atoms with Crippen molar-refractivity contribution < 1.29 is 0 Å². The summed E-state index contributed by atoms with van der Waals surface area (Å²) in [5.41, 5.74) is 3.79. The molecule has 1 heterocycles. The molecule has 0 spiro atoms. The number of hydrogen-bond acceptors (Lipinski definition) is 1. The van der Waals surface area contributed by atoms with Crippen molar-refractivity contribution in [1.29, 1.82) is 0 Å². The van der Waals surface area contributed by atoms with Gasteiger partial charge in [-0.25, -0.2) is 0 Å². The van der Waals surface area contributed by atoms with Gasteiger partial charge in [0, 0.05) is 0 Å². The van der Waals surface area contributed by atoms with E-state index in [1.807, 2.05) is 6.07 Å². The zero-order chi connectivity index (χ0) is 14.0. The summed E-state index contributed by atoms with van der Waals surface area (Å²) in [6, 6.07) is 12.7. The fourth-order valence-corrected chi connectivity index (χ4v) is 5.86. The maximum absolute atomic E-state index is 4.71. The molecule has 19 heavy (non-hydrogen) atoms. The van der Waals surface area contributed by atoms with E-state index in [0.29, 0.717) is 5.92 Å². The third kappa shape index (κ3) is 3.27. The molecule has 0 saturated heterocycles. The third-order valence-corrected chi connectivity index (χ3v) is 7.70. The van der Waals surface area contributed by atoms with Gasteiger partial charge in [-0.2, -0.15) is 0 Å². The summed E-state index contributed by atoms with van der Waals surface area (Å²) in [7, 11) is 0. The molecule has 1 nitrogen and oxygen atoms in total. The van der Waals surface area contributed by atoms with E-state index >= 15 is 0 Å². The number of nitrogens with zero attached hydrogens (tertiary/aromatic N) is 1. The number of rotatable bonds is 3. The minimum atomic E-state index is -1.84. The van der Waals surface area contributed by atoms with Gasteiger partial charge in [-0.15, -0.1) is 0 Å². The Balaban J connectivity index is 2.55. The zero-order valence-corrected chi connectivity index (χ0v) is 14.7. The van der Waals surface area contributed by atoms with Crippen molar-refractivity contribution in [2.75, 3.05) is 0 Å². The van der Waals surface area contributed by atoms with Gasteiger partial charge in [0.05, 0.1) is 0 Å². The summed E-state index contributed by atoms with van der Waals surface area (Å²) >= 11 is -1.84. The van der Waals surface area contributed by atoms with E-state index in [9.17, 15) is 0 Å². The Hall–Kier alpha value is -1.09. The average Bonchev–Trinajstić information content (AvgIpc) is 2.38. The van der Waals surface area contributed by atoms with Crippen LogP contribution in [0.25, 0.3) is 11.3 Å². The summed E-state index contributed by atoms with van der Waals surface area (Å²) in [5.74, 6) is 7.87. The molecule has 1 aromatic carbocycles. The predicted molar refractivity (Wildman–Crippen MR) is 86.7 cm³/mol. The molecule has 0 amide bonds. The van der Waals surface area contributed by atoms with Gasteiger partial charge in [0.2, 0.25) is 0 Å². The molecule has 0 aliphatic heterocycles. The Morgan fingerprint density at radius 1 is 1.00 bits per heavy atom. The number of aromatic nitrogens is 1. The van der Waals surface area contributed by atoms with Gasteiger partial charge in [0.1, 0.15) is 0 Å². The summed E-state index contributed by atoms with van der Waals surface area (Å²) in [5, 5.41) is 0. The predicted octanol–water partition coefficient (Wildman–Crippen LogP) is 4.42. The molecular weight excluding hydrogens is 291 g/mol. The first-order valence-electron chi connectivity index (χ1n) is 6.95. The van der Waals surface area contributed by atoms with Crippen LogP contribution in [0.5, 0.6) is 0 Å². The second-order valence-corrected chi connectivity index (χ2v) is 17.0. The second-order valence-electron chi connectivity index (χ2n) is 6.43. The van der Waals surface area contributed by atoms with Crippen molar-refractivity contribution in [3.05, 3.63) is 48.2 Å². The van der Waals surface area contributed by atoms with E-state index in [2.05, 4.69) is 67.6 Å². The van der Waals surface area contributed by atoms with Crippen LogP contribution >= 0.6 is 0 Å². The fourth-order valence-electron chi connectivity index (χ4n) is 2.34. The van der Waals surface area contributed by atoms with Gasteiger partial charge in [0.25, 0.3) is 0 Å². The van der Waals surface area contributed by atoms with Crippen molar-refractivity contribution in [2.45, 2.75) is 37.0 Å². The molecule has 0 saturated carbocycles. The average molecular weight is 314 g/mol. The van der Waals surface area contributed by atoms with Crippen LogP contribution in [-0.4, -0.2) is 18.3 Å². The van der Waals surface area contributed by atoms with Crippen LogP contribution in [0.3, 0.4) is 0 Å². The number of benzene rings is 1. The van der Waals surface area contributed by atoms with Crippen LogP contribution in [-0.2, 0) is 0 Å². The number of hydrogen-bond donors (Lipinski definition) is 0. The quantitative estimate of drug-likeness (QED) is 0.765. The van der Waals surface area contributed by atoms with Crippen molar-refractivity contribution in [3.8, 4) is 11.3 Å². The number of pyridine rings is 1. The zero-order valence-electron chi connectivity index (χ0n) is 12.6. The Morgan fingerprint density at radius 2 is 1.63 bits per heavy atom. The van der Waals surface area contributed by atoms with E-state index in [4.69, 9.17) is 4.98 Å². The molecule has 0 fully saturated rings. The first kappa shape index (κ1) is 14.3. The standard InChI is InChI=1S/C17H23GeN/c1-13(2)15-11-17(14-9-7-6-8-10-14)19-12-16(15)18(3,4)5/h6-13H,1-5H3. The normalized spacial score (nSPS) is 11.9. The fraction of sp³-hybridized carbons (Fsp3) is 0.353. The van der Waals surface area contributed by atoms with Gasteiger partial charge in [-0.1, -0.05) is 0 Å². The molecule has 0 unspecified atom stereocenters. The molecule has 0 radical (unpaired) electrons. The van der Waals surface area contributed by atoms with Gasteiger partial charge in [-0.3, -0.25) is 0 Å². The molecular formula is C17H23GeN. The molecule has 0 atom stereocenters. The molecule has 100 valence electrons. The Bertz CT molecular complexity index is 553. The molecule has 2 heteroatoms. The molecule has 0 bridgehead atoms. The van der Waals surface area contributed by atoms with E-state index in [1.165, 1.54) is 15.5 Å². The van der Waals surface area contributed by atoms with E-state index in [0.717, 1.165) is 5.69 Å². The minimum absolute atomic E-state index is 0.560. The summed E-state index contributed by atoms with van der Waals surface area (Å²) < 4.78 is 1.54. The summed E-state index contributed by atoms with van der Waals surface area (Å²) in [6.45, 7) is 4.56. The molecule has 2 rings (SSSR count). The SMILES string of the molecule is CC(C)c1cc(-c2ccccc2)nc[c]1[Ge]([CH3])([CH3])[CH3]. The van der Waals surface area contributed by atoms with Crippen LogP contribution in [0, 0.1) is 0 Å². The van der Waals surface area contributed by atoms with Crippen LogP contribution in [0.4, 0.5) is 0 Å². The molecule has 0 aliphatic rings. The molecule has 0 aliphatic carbocycles. The topological polar surface area (TPSA) is 12.9 Å². The maximum atomic E-state index is 4.71. The van der Waals surface area contributed by atoms with Crippen molar-refractivity contribution in [3.63, 3.8) is 0 Å². The van der Waals surface area contributed by atoms with Crippen molar-refractivity contribution >= 4 is 17.7 Å². The van der Waals surface area contributed by atoms with Gasteiger partial charge >= 0.3 is 119 Å². The van der Waals surface area contributed by atoms with E-state index in [1.54, 1.807) is 0 Å². The van der Waals surface area contributed by atoms with Crippen LogP contribution in [0.15, 0.2) is 42.6 Å². The second kappa shape index (κ2) is 5.50. The van der Waals surface area contributed by atoms with Gasteiger partial charge in [-0.05, 0) is 0 Å². The molecule has 1 aromatic heterocycles. The van der Waals surface area contributed by atoms with Crippen LogP contribution in [0.2, 0.25) is 17.3 Å². The third-order valence-electron chi connectivity index (χ3n) is 3.44. The van der Waals surface area contributed by atoms with Crippen molar-refractivity contribution in [2.24, 2.45) is 0 Å². The summed E-state index contributed by atoms with van der Waals surface area (Å²) in [6.07, 6.45) is 2.14. The Labute approximate surface area is 119 Å². The van der Waals surface area contributed by atoms with E-state index < -0.39 is 13.3 Å². The van der Waals surface area contributed by atoms with Crippen LogP contribution in [0.1, 0.15) is 25.3 Å². The van der Waals surface area contributed by atoms with Crippen molar-refractivity contribution in [1.82, 2.24) is 4.98 Å². The van der Waals surface area contributed by atoms with Crippen LogP contribution < -0.4 is 4.40 Å². The Morgan fingerprint density at radius 3 is 2.16 bits per heavy atom. The molecule has 2 aromatic rings. The first-order chi connectivity index (χ1) is 8.89. The van der Waals surface area contributed by atoms with Gasteiger partial charge in [0.15, 0.2) is 0 Å². The van der Waals surface area contributed by atoms with E-state index in [-0.39, 0.29) is 0 Å².